The highest BCUT2D eigenvalue weighted by Crippen LogP contribution is 2.03. The van der Waals surface area contributed by atoms with Gasteiger partial charge in [-0.15, -0.1) is 24.0 Å². The van der Waals surface area contributed by atoms with E-state index in [1.54, 1.807) is 32.8 Å². The van der Waals surface area contributed by atoms with E-state index in [0.29, 0.717) is 13.1 Å². The Bertz CT molecular complexity index is 412. The van der Waals surface area contributed by atoms with Crippen molar-refractivity contribution in [2.24, 2.45) is 4.99 Å². The average molecular weight is 457 g/mol. The lowest BCUT2D eigenvalue weighted by Crippen LogP contribution is -2.53. The lowest BCUT2D eigenvalue weighted by molar-refractivity contribution is -0.130. The lowest BCUT2D eigenvalue weighted by atomic mass is 10.3. The summed E-state index contributed by atoms with van der Waals surface area (Å²) >= 11 is 1.76. The van der Waals surface area contributed by atoms with Crippen LogP contribution in [0.1, 0.15) is 6.92 Å². The van der Waals surface area contributed by atoms with Gasteiger partial charge >= 0.3 is 0 Å². The molecular formula is C14H28IN5O2S. The van der Waals surface area contributed by atoms with Crippen molar-refractivity contribution in [3.05, 3.63) is 0 Å². The highest BCUT2D eigenvalue weighted by molar-refractivity contribution is 14.0. The molecule has 23 heavy (non-hydrogen) atoms. The summed E-state index contributed by atoms with van der Waals surface area (Å²) in [4.78, 5) is 33.0. The fourth-order valence-corrected chi connectivity index (χ4v) is 2.36. The number of hydrogen-bond acceptors (Lipinski definition) is 4. The van der Waals surface area contributed by atoms with E-state index in [4.69, 9.17) is 0 Å². The minimum Gasteiger partial charge on any atom is -0.355 e. The minimum absolute atomic E-state index is 0. The number of rotatable bonds is 5. The SMILES string of the molecule is CSCCNC(=NCC(=O)N(C)C)N1CCN(C(C)=O)CC1.I. The Morgan fingerprint density at radius 2 is 1.74 bits per heavy atom. The number of carbonyl (C=O) groups is 2. The number of hydrogen-bond donors (Lipinski definition) is 1. The third-order valence-corrected chi connectivity index (χ3v) is 4.09. The second-order valence-corrected chi connectivity index (χ2v) is 6.33. The number of guanidine groups is 1. The number of aliphatic imine (C=N–C) groups is 1. The number of piperazine rings is 1. The Hall–Kier alpha value is -0.710. The van der Waals surface area contributed by atoms with Crippen LogP contribution in [0.3, 0.4) is 0 Å². The van der Waals surface area contributed by atoms with E-state index in [1.807, 2.05) is 4.90 Å². The number of thioether (sulfide) groups is 1. The summed E-state index contributed by atoms with van der Waals surface area (Å²) in [7, 11) is 3.45. The van der Waals surface area contributed by atoms with Gasteiger partial charge in [0.2, 0.25) is 11.8 Å². The molecule has 1 aliphatic rings. The predicted octanol–water partition coefficient (Wildman–Crippen LogP) is 0.165. The van der Waals surface area contributed by atoms with Crippen molar-refractivity contribution < 1.29 is 9.59 Å². The Balaban J connectivity index is 0.00000484. The van der Waals surface area contributed by atoms with Gasteiger partial charge in [-0.3, -0.25) is 9.59 Å². The highest BCUT2D eigenvalue weighted by atomic mass is 127. The summed E-state index contributed by atoms with van der Waals surface area (Å²) in [5.41, 5.74) is 0. The first-order chi connectivity index (χ1) is 10.5. The maximum atomic E-state index is 11.7. The van der Waals surface area contributed by atoms with Crippen molar-refractivity contribution in [1.82, 2.24) is 20.0 Å². The van der Waals surface area contributed by atoms with Crippen LogP contribution in [0.15, 0.2) is 4.99 Å². The number of likely N-dealkylation sites (N-methyl/N-ethyl adjacent to an activating group) is 1. The number of halogens is 1. The second-order valence-electron chi connectivity index (χ2n) is 5.34. The first-order valence-electron chi connectivity index (χ1n) is 7.43. The number of amides is 2. The van der Waals surface area contributed by atoms with Crippen molar-refractivity contribution >= 4 is 53.5 Å². The van der Waals surface area contributed by atoms with Crippen molar-refractivity contribution in [2.75, 3.05) is 65.4 Å². The fourth-order valence-electron chi connectivity index (χ4n) is 2.05. The van der Waals surface area contributed by atoms with E-state index < -0.39 is 0 Å². The monoisotopic (exact) mass is 457 g/mol. The predicted molar refractivity (Wildman–Crippen MR) is 107 cm³/mol. The summed E-state index contributed by atoms with van der Waals surface area (Å²) in [6.45, 7) is 5.41. The zero-order valence-corrected chi connectivity index (χ0v) is 17.5. The summed E-state index contributed by atoms with van der Waals surface area (Å²) in [6.07, 6.45) is 2.06. The Morgan fingerprint density at radius 1 is 1.17 bits per heavy atom. The van der Waals surface area contributed by atoms with E-state index in [2.05, 4.69) is 21.5 Å². The maximum absolute atomic E-state index is 11.7. The van der Waals surface area contributed by atoms with Crippen LogP contribution in [0, 0.1) is 0 Å². The van der Waals surface area contributed by atoms with Crippen LogP contribution in [0.25, 0.3) is 0 Å². The van der Waals surface area contributed by atoms with Crippen molar-refractivity contribution in [3.8, 4) is 0 Å². The Morgan fingerprint density at radius 3 is 2.22 bits per heavy atom. The molecule has 0 aromatic carbocycles. The van der Waals surface area contributed by atoms with E-state index in [1.165, 1.54) is 4.90 Å². The Kier molecular flexibility index (Phi) is 11.4. The molecule has 0 atom stereocenters. The third kappa shape index (κ3) is 8.09. The molecule has 0 radical (unpaired) electrons. The van der Waals surface area contributed by atoms with Gasteiger partial charge in [-0.25, -0.2) is 4.99 Å². The molecule has 0 spiro atoms. The van der Waals surface area contributed by atoms with Crippen LogP contribution < -0.4 is 5.32 Å². The molecule has 0 aromatic heterocycles. The molecular weight excluding hydrogens is 429 g/mol. The van der Waals surface area contributed by atoms with E-state index in [9.17, 15) is 9.59 Å². The number of nitrogens with zero attached hydrogens (tertiary/aromatic N) is 4. The fraction of sp³-hybridized carbons (Fsp3) is 0.786. The number of carbonyl (C=O) groups excluding carboxylic acids is 2. The zero-order chi connectivity index (χ0) is 16.5. The minimum atomic E-state index is -0.0217. The van der Waals surface area contributed by atoms with E-state index >= 15 is 0 Å². The molecule has 2 amide bonds. The molecule has 0 aromatic rings. The summed E-state index contributed by atoms with van der Waals surface area (Å²) in [5.74, 6) is 1.82. The van der Waals surface area contributed by atoms with Crippen molar-refractivity contribution in [1.29, 1.82) is 0 Å². The van der Waals surface area contributed by atoms with Gasteiger partial charge in [0.25, 0.3) is 0 Å². The van der Waals surface area contributed by atoms with Gasteiger partial charge in [-0.2, -0.15) is 11.8 Å². The first kappa shape index (κ1) is 22.3. The van der Waals surface area contributed by atoms with Gasteiger partial charge in [0, 0.05) is 59.5 Å². The van der Waals surface area contributed by atoms with Crippen LogP contribution in [0.2, 0.25) is 0 Å². The molecule has 1 saturated heterocycles. The van der Waals surface area contributed by atoms with Gasteiger partial charge in [-0.05, 0) is 6.26 Å². The van der Waals surface area contributed by atoms with Crippen LogP contribution in [0.5, 0.6) is 0 Å². The lowest BCUT2D eigenvalue weighted by Gasteiger charge is -2.36. The molecule has 0 saturated carbocycles. The summed E-state index contributed by atoms with van der Waals surface area (Å²) in [5, 5.41) is 3.31. The zero-order valence-electron chi connectivity index (χ0n) is 14.4. The van der Waals surface area contributed by atoms with Crippen molar-refractivity contribution in [3.63, 3.8) is 0 Å². The highest BCUT2D eigenvalue weighted by Gasteiger charge is 2.21. The maximum Gasteiger partial charge on any atom is 0.243 e. The molecule has 134 valence electrons. The molecule has 1 N–H and O–H groups in total. The summed E-state index contributed by atoms with van der Waals surface area (Å²) in [6, 6.07) is 0. The van der Waals surface area contributed by atoms with Gasteiger partial charge in [0.05, 0.1) is 0 Å². The molecule has 0 aliphatic carbocycles. The number of nitrogens with one attached hydrogen (secondary N) is 1. The normalized spacial score (nSPS) is 15.0. The largest absolute Gasteiger partial charge is 0.355 e. The molecule has 0 bridgehead atoms. The van der Waals surface area contributed by atoms with Crippen LogP contribution in [-0.2, 0) is 9.59 Å². The van der Waals surface area contributed by atoms with Gasteiger partial charge < -0.3 is 20.0 Å². The van der Waals surface area contributed by atoms with Crippen LogP contribution >= 0.6 is 35.7 Å². The smallest absolute Gasteiger partial charge is 0.243 e. The molecule has 1 fully saturated rings. The van der Waals surface area contributed by atoms with E-state index in [0.717, 1.165) is 31.3 Å². The van der Waals surface area contributed by atoms with Crippen LogP contribution in [0.4, 0.5) is 0 Å². The quantitative estimate of drug-likeness (QED) is 0.276. The summed E-state index contributed by atoms with van der Waals surface area (Å²) < 4.78 is 0. The van der Waals surface area contributed by atoms with Crippen LogP contribution in [-0.4, -0.2) is 97.8 Å². The van der Waals surface area contributed by atoms with Gasteiger partial charge in [-0.1, -0.05) is 0 Å². The molecule has 1 rings (SSSR count). The standard InChI is InChI=1S/C14H27N5O2S.HI/c1-12(20)18-6-8-19(9-7-18)14(15-5-10-22-4)16-11-13(21)17(2)3;/h5-11H2,1-4H3,(H,15,16);1H. The molecule has 9 heteroatoms. The molecule has 1 aliphatic heterocycles. The second kappa shape index (κ2) is 11.8. The third-order valence-electron chi connectivity index (χ3n) is 3.48. The van der Waals surface area contributed by atoms with Crippen molar-refractivity contribution in [2.45, 2.75) is 6.92 Å². The molecule has 0 unspecified atom stereocenters. The van der Waals surface area contributed by atoms with Gasteiger partial charge in [0.15, 0.2) is 5.96 Å². The first-order valence-corrected chi connectivity index (χ1v) is 8.83. The molecule has 1 heterocycles. The Labute approximate surface area is 160 Å². The average Bonchev–Trinajstić information content (AvgIpc) is 2.50. The topological polar surface area (TPSA) is 68.2 Å². The van der Waals surface area contributed by atoms with Gasteiger partial charge in [0.1, 0.15) is 6.54 Å². The van der Waals surface area contributed by atoms with E-state index in [-0.39, 0.29) is 42.3 Å². The molecule has 7 nitrogen and oxygen atoms in total.